The fourth-order valence-electron chi connectivity index (χ4n) is 2.41. The number of hydrogen-bond acceptors (Lipinski definition) is 4. The molecule has 25 heavy (non-hydrogen) atoms. The van der Waals surface area contributed by atoms with E-state index in [0.29, 0.717) is 23.1 Å². The number of anilines is 1. The monoisotopic (exact) mass is 336 g/mol. The normalized spacial score (nSPS) is 10.7. The van der Waals surface area contributed by atoms with E-state index in [9.17, 15) is 4.79 Å². The largest absolute Gasteiger partial charge is 0.463 e. The predicted octanol–water partition coefficient (Wildman–Crippen LogP) is 4.18. The second kappa shape index (κ2) is 7.61. The maximum atomic E-state index is 12.1. The zero-order chi connectivity index (χ0) is 17.6. The Morgan fingerprint density at radius 1 is 1.12 bits per heavy atom. The second-order valence-electron chi connectivity index (χ2n) is 5.91. The molecule has 2 aromatic heterocycles. The molecule has 2 heterocycles. The van der Waals surface area contributed by atoms with Gasteiger partial charge in [-0.05, 0) is 35.7 Å². The number of aromatic nitrogens is 2. The molecule has 0 bridgehead atoms. The molecule has 3 aromatic rings. The van der Waals surface area contributed by atoms with E-state index in [1.54, 1.807) is 24.7 Å². The first-order valence-electron chi connectivity index (χ1n) is 8.12. The van der Waals surface area contributed by atoms with E-state index >= 15 is 0 Å². The molecule has 0 saturated carbocycles. The molecule has 0 unspecified atom stereocenters. The number of amides is 2. The van der Waals surface area contributed by atoms with Crippen molar-refractivity contribution in [1.82, 2.24) is 15.3 Å². The highest BCUT2D eigenvalue weighted by Gasteiger charge is 2.11. The van der Waals surface area contributed by atoms with Crippen LogP contribution in [0.2, 0.25) is 0 Å². The van der Waals surface area contributed by atoms with E-state index < -0.39 is 0 Å². The van der Waals surface area contributed by atoms with Crippen molar-refractivity contribution in [3.05, 3.63) is 66.3 Å². The van der Waals surface area contributed by atoms with E-state index in [-0.39, 0.29) is 12.6 Å². The maximum absolute atomic E-state index is 12.1. The van der Waals surface area contributed by atoms with Gasteiger partial charge in [0, 0.05) is 18.1 Å². The minimum absolute atomic E-state index is 0.250. The first-order valence-corrected chi connectivity index (χ1v) is 8.12. The number of furan rings is 1. The SMILES string of the molecule is CC(C)c1ccc(NC(=O)NCc2nccnc2-c2ccco2)cc1. The van der Waals surface area contributed by atoms with Crippen LogP contribution in [-0.2, 0) is 6.54 Å². The standard InChI is InChI=1S/C19H20N4O2/c1-13(2)14-5-7-15(8-6-14)23-19(24)22-12-16-18(21-10-9-20-16)17-4-3-11-25-17/h3-11,13H,12H2,1-2H3,(H2,22,23,24). The van der Waals surface area contributed by atoms with Gasteiger partial charge < -0.3 is 15.1 Å². The van der Waals surface area contributed by atoms with Crippen molar-refractivity contribution in [2.24, 2.45) is 0 Å². The molecule has 0 saturated heterocycles. The molecular weight excluding hydrogens is 316 g/mol. The molecule has 0 aliphatic carbocycles. The van der Waals surface area contributed by atoms with Crippen LogP contribution in [0.3, 0.4) is 0 Å². The van der Waals surface area contributed by atoms with Gasteiger partial charge in [-0.3, -0.25) is 4.98 Å². The van der Waals surface area contributed by atoms with Crippen LogP contribution in [0, 0.1) is 0 Å². The van der Waals surface area contributed by atoms with Gasteiger partial charge in [0.1, 0.15) is 5.69 Å². The molecule has 6 nitrogen and oxygen atoms in total. The van der Waals surface area contributed by atoms with Crippen molar-refractivity contribution in [2.75, 3.05) is 5.32 Å². The average molecular weight is 336 g/mol. The van der Waals surface area contributed by atoms with Crippen LogP contribution in [0.4, 0.5) is 10.5 Å². The number of carbonyl (C=O) groups is 1. The smallest absolute Gasteiger partial charge is 0.319 e. The van der Waals surface area contributed by atoms with Crippen molar-refractivity contribution in [2.45, 2.75) is 26.3 Å². The Morgan fingerprint density at radius 3 is 2.56 bits per heavy atom. The number of nitrogens with one attached hydrogen (secondary N) is 2. The van der Waals surface area contributed by atoms with Gasteiger partial charge in [0.05, 0.1) is 18.5 Å². The number of nitrogens with zero attached hydrogens (tertiary/aromatic N) is 2. The lowest BCUT2D eigenvalue weighted by Crippen LogP contribution is -2.28. The number of benzene rings is 1. The topological polar surface area (TPSA) is 80.0 Å². The molecule has 0 atom stereocenters. The van der Waals surface area contributed by atoms with Gasteiger partial charge in [-0.2, -0.15) is 0 Å². The highest BCUT2D eigenvalue weighted by Crippen LogP contribution is 2.20. The molecule has 0 aliphatic rings. The van der Waals surface area contributed by atoms with Crippen molar-refractivity contribution in [3.63, 3.8) is 0 Å². The molecule has 6 heteroatoms. The first kappa shape index (κ1) is 16.7. The van der Waals surface area contributed by atoms with Gasteiger partial charge in [0.2, 0.25) is 0 Å². The number of urea groups is 1. The summed E-state index contributed by atoms with van der Waals surface area (Å²) in [5, 5.41) is 5.60. The summed E-state index contributed by atoms with van der Waals surface area (Å²) in [5.74, 6) is 1.08. The first-order chi connectivity index (χ1) is 12.1. The van der Waals surface area contributed by atoms with Gasteiger partial charge >= 0.3 is 6.03 Å². The summed E-state index contributed by atoms with van der Waals surface area (Å²) >= 11 is 0. The summed E-state index contributed by atoms with van der Waals surface area (Å²) in [7, 11) is 0. The van der Waals surface area contributed by atoms with Crippen molar-refractivity contribution in [3.8, 4) is 11.5 Å². The van der Waals surface area contributed by atoms with Crippen molar-refractivity contribution >= 4 is 11.7 Å². The van der Waals surface area contributed by atoms with Crippen LogP contribution in [0.15, 0.2) is 59.5 Å². The van der Waals surface area contributed by atoms with Gasteiger partial charge in [-0.25, -0.2) is 9.78 Å². The third-order valence-corrected chi connectivity index (χ3v) is 3.78. The predicted molar refractivity (Wildman–Crippen MR) is 96.1 cm³/mol. The van der Waals surface area contributed by atoms with Crippen LogP contribution in [0.1, 0.15) is 31.0 Å². The Bertz CT molecular complexity index is 827. The van der Waals surface area contributed by atoms with Crippen LogP contribution < -0.4 is 10.6 Å². The molecule has 0 fully saturated rings. The molecular formula is C19H20N4O2. The molecule has 3 rings (SSSR count). The Labute approximate surface area is 146 Å². The summed E-state index contributed by atoms with van der Waals surface area (Å²) in [6, 6.07) is 11.1. The number of hydrogen-bond donors (Lipinski definition) is 2. The fraction of sp³-hybridized carbons (Fsp3) is 0.211. The average Bonchev–Trinajstić information content (AvgIpc) is 3.15. The summed E-state index contributed by atoms with van der Waals surface area (Å²) in [6.45, 7) is 4.51. The summed E-state index contributed by atoms with van der Waals surface area (Å²) in [5.41, 5.74) is 3.23. The second-order valence-corrected chi connectivity index (χ2v) is 5.91. The Balaban J connectivity index is 1.61. The molecule has 2 amide bonds. The molecule has 2 N–H and O–H groups in total. The fourth-order valence-corrected chi connectivity index (χ4v) is 2.41. The Kier molecular flexibility index (Phi) is 5.09. The van der Waals surface area contributed by atoms with Crippen LogP contribution >= 0.6 is 0 Å². The third kappa shape index (κ3) is 4.23. The van der Waals surface area contributed by atoms with E-state index in [2.05, 4.69) is 34.4 Å². The molecule has 1 aromatic carbocycles. The molecule has 128 valence electrons. The van der Waals surface area contributed by atoms with Gasteiger partial charge in [0.25, 0.3) is 0 Å². The zero-order valence-corrected chi connectivity index (χ0v) is 14.2. The third-order valence-electron chi connectivity index (χ3n) is 3.78. The Hall–Kier alpha value is -3.15. The lowest BCUT2D eigenvalue weighted by atomic mass is 10.0. The van der Waals surface area contributed by atoms with Crippen LogP contribution in [0.25, 0.3) is 11.5 Å². The van der Waals surface area contributed by atoms with E-state index in [0.717, 1.165) is 5.69 Å². The number of rotatable bonds is 5. The highest BCUT2D eigenvalue weighted by molar-refractivity contribution is 5.89. The summed E-state index contributed by atoms with van der Waals surface area (Å²) < 4.78 is 5.36. The summed E-state index contributed by atoms with van der Waals surface area (Å²) in [4.78, 5) is 20.7. The minimum Gasteiger partial charge on any atom is -0.463 e. The van der Waals surface area contributed by atoms with E-state index in [1.165, 1.54) is 5.56 Å². The highest BCUT2D eigenvalue weighted by atomic mass is 16.3. The van der Waals surface area contributed by atoms with E-state index in [1.807, 2.05) is 30.3 Å². The van der Waals surface area contributed by atoms with Gasteiger partial charge in [-0.1, -0.05) is 26.0 Å². The minimum atomic E-state index is -0.298. The van der Waals surface area contributed by atoms with Gasteiger partial charge in [-0.15, -0.1) is 0 Å². The Morgan fingerprint density at radius 2 is 1.88 bits per heavy atom. The van der Waals surface area contributed by atoms with Crippen molar-refractivity contribution < 1.29 is 9.21 Å². The lowest BCUT2D eigenvalue weighted by molar-refractivity contribution is 0.251. The molecule has 0 spiro atoms. The molecule has 0 radical (unpaired) electrons. The quantitative estimate of drug-likeness (QED) is 0.732. The van der Waals surface area contributed by atoms with E-state index in [4.69, 9.17) is 4.42 Å². The van der Waals surface area contributed by atoms with Crippen LogP contribution in [0.5, 0.6) is 0 Å². The zero-order valence-electron chi connectivity index (χ0n) is 14.2. The van der Waals surface area contributed by atoms with Crippen molar-refractivity contribution in [1.29, 1.82) is 0 Å². The van der Waals surface area contributed by atoms with Crippen LogP contribution in [-0.4, -0.2) is 16.0 Å². The maximum Gasteiger partial charge on any atom is 0.319 e. The lowest BCUT2D eigenvalue weighted by Gasteiger charge is -2.10. The molecule has 0 aliphatic heterocycles. The number of carbonyl (C=O) groups excluding carboxylic acids is 1. The van der Waals surface area contributed by atoms with Gasteiger partial charge in [0.15, 0.2) is 5.76 Å². The summed E-state index contributed by atoms with van der Waals surface area (Å²) in [6.07, 6.45) is 4.76.